The highest BCUT2D eigenvalue weighted by atomic mass is 16.5. The topological polar surface area (TPSA) is 64.8 Å². The van der Waals surface area contributed by atoms with Gasteiger partial charge in [0, 0.05) is 39.3 Å². The van der Waals surface area contributed by atoms with Gasteiger partial charge in [0.2, 0.25) is 5.91 Å². The van der Waals surface area contributed by atoms with Crippen LogP contribution in [0.5, 0.6) is 0 Å². The van der Waals surface area contributed by atoms with Crippen molar-refractivity contribution in [1.29, 1.82) is 0 Å². The van der Waals surface area contributed by atoms with Crippen molar-refractivity contribution >= 4 is 5.91 Å². The SMILES string of the molecule is COC1CN(C(=O)C2CCC(N)CC2C)CC1OC. The minimum Gasteiger partial charge on any atom is -0.377 e. The molecule has 2 rings (SSSR count). The predicted octanol–water partition coefficient (Wildman–Crippen LogP) is 0.622. The maximum absolute atomic E-state index is 12.6. The molecule has 1 heterocycles. The van der Waals surface area contributed by atoms with E-state index in [1.807, 2.05) is 4.90 Å². The van der Waals surface area contributed by atoms with Crippen LogP contribution in [-0.2, 0) is 14.3 Å². The summed E-state index contributed by atoms with van der Waals surface area (Å²) in [5, 5.41) is 0. The molecule has 2 aliphatic rings. The number of hydrogen-bond donors (Lipinski definition) is 1. The molecule has 0 bridgehead atoms. The van der Waals surface area contributed by atoms with Gasteiger partial charge in [-0.3, -0.25) is 4.79 Å². The van der Waals surface area contributed by atoms with Crippen molar-refractivity contribution in [2.75, 3.05) is 27.3 Å². The van der Waals surface area contributed by atoms with Crippen LogP contribution in [-0.4, -0.2) is 56.4 Å². The maximum Gasteiger partial charge on any atom is 0.226 e. The Morgan fingerprint density at radius 2 is 1.74 bits per heavy atom. The second kappa shape index (κ2) is 6.20. The van der Waals surface area contributed by atoms with Crippen molar-refractivity contribution in [2.45, 2.75) is 44.4 Å². The van der Waals surface area contributed by atoms with Gasteiger partial charge in [0.15, 0.2) is 0 Å². The molecular weight excluding hydrogens is 244 g/mol. The smallest absolute Gasteiger partial charge is 0.226 e. The number of methoxy groups -OCH3 is 2. The third-order valence-electron chi connectivity index (χ3n) is 4.66. The average Bonchev–Trinajstić information content (AvgIpc) is 2.81. The zero-order chi connectivity index (χ0) is 14.0. The first-order chi connectivity index (χ1) is 9.06. The van der Waals surface area contributed by atoms with Crippen molar-refractivity contribution in [3.8, 4) is 0 Å². The molecule has 2 N–H and O–H groups in total. The van der Waals surface area contributed by atoms with E-state index >= 15 is 0 Å². The number of nitrogens with two attached hydrogens (primary N) is 1. The van der Waals surface area contributed by atoms with E-state index in [0.717, 1.165) is 19.3 Å². The molecule has 2 fully saturated rings. The third kappa shape index (κ3) is 3.09. The summed E-state index contributed by atoms with van der Waals surface area (Å²) in [6.45, 7) is 3.42. The number of carbonyl (C=O) groups excluding carboxylic acids is 1. The Labute approximate surface area is 115 Å². The molecule has 0 aromatic carbocycles. The number of carbonyl (C=O) groups is 1. The monoisotopic (exact) mass is 270 g/mol. The van der Waals surface area contributed by atoms with Gasteiger partial charge in [0.1, 0.15) is 12.2 Å². The van der Waals surface area contributed by atoms with Crippen LogP contribution in [0.25, 0.3) is 0 Å². The van der Waals surface area contributed by atoms with Crippen LogP contribution in [0.2, 0.25) is 0 Å². The van der Waals surface area contributed by atoms with Gasteiger partial charge in [-0.2, -0.15) is 0 Å². The Morgan fingerprint density at radius 3 is 2.21 bits per heavy atom. The molecule has 0 radical (unpaired) electrons. The molecule has 110 valence electrons. The lowest BCUT2D eigenvalue weighted by atomic mass is 9.77. The van der Waals surface area contributed by atoms with Gasteiger partial charge in [-0.1, -0.05) is 6.92 Å². The highest BCUT2D eigenvalue weighted by molar-refractivity contribution is 5.79. The highest BCUT2D eigenvalue weighted by Crippen LogP contribution is 2.31. The first-order valence-electron chi connectivity index (χ1n) is 7.16. The maximum atomic E-state index is 12.6. The molecule has 1 amide bonds. The summed E-state index contributed by atoms with van der Waals surface area (Å²) in [5.74, 6) is 0.743. The van der Waals surface area contributed by atoms with Crippen molar-refractivity contribution in [2.24, 2.45) is 17.6 Å². The average molecular weight is 270 g/mol. The fourth-order valence-electron chi connectivity index (χ4n) is 3.42. The summed E-state index contributed by atoms with van der Waals surface area (Å²) >= 11 is 0. The van der Waals surface area contributed by atoms with Gasteiger partial charge < -0.3 is 20.1 Å². The molecule has 5 heteroatoms. The molecule has 5 atom stereocenters. The lowest BCUT2D eigenvalue weighted by Crippen LogP contribution is -2.42. The number of ether oxygens (including phenoxy) is 2. The number of amides is 1. The van der Waals surface area contributed by atoms with Gasteiger partial charge in [-0.05, 0) is 25.2 Å². The van der Waals surface area contributed by atoms with Gasteiger partial charge in [0.05, 0.1) is 0 Å². The van der Waals surface area contributed by atoms with Crippen LogP contribution in [0.4, 0.5) is 0 Å². The highest BCUT2D eigenvalue weighted by Gasteiger charge is 2.40. The Balaban J connectivity index is 1.97. The molecule has 0 aromatic rings. The molecule has 5 unspecified atom stereocenters. The van der Waals surface area contributed by atoms with Gasteiger partial charge in [-0.15, -0.1) is 0 Å². The molecule has 1 aliphatic heterocycles. The normalized spacial score (nSPS) is 39.6. The molecule has 1 aliphatic carbocycles. The van der Waals surface area contributed by atoms with E-state index in [9.17, 15) is 4.79 Å². The van der Waals surface area contributed by atoms with E-state index in [1.54, 1.807) is 14.2 Å². The van der Waals surface area contributed by atoms with E-state index in [-0.39, 0.29) is 30.1 Å². The van der Waals surface area contributed by atoms with Crippen LogP contribution in [0.15, 0.2) is 0 Å². The van der Waals surface area contributed by atoms with E-state index < -0.39 is 0 Å². The largest absolute Gasteiger partial charge is 0.377 e. The zero-order valence-corrected chi connectivity index (χ0v) is 12.2. The Hall–Kier alpha value is -0.650. The minimum absolute atomic E-state index is 0.00453. The Morgan fingerprint density at radius 1 is 1.16 bits per heavy atom. The number of hydrogen-bond acceptors (Lipinski definition) is 4. The second-order valence-electron chi connectivity index (χ2n) is 5.95. The quantitative estimate of drug-likeness (QED) is 0.816. The van der Waals surface area contributed by atoms with Crippen molar-refractivity contribution < 1.29 is 14.3 Å². The summed E-state index contributed by atoms with van der Waals surface area (Å²) in [4.78, 5) is 14.5. The standard InChI is InChI=1S/C14H26N2O3/c1-9-6-10(15)4-5-11(9)14(17)16-7-12(18-2)13(8-16)19-3/h9-13H,4-8,15H2,1-3H3. The summed E-state index contributed by atoms with van der Waals surface area (Å²) in [6, 6.07) is 0.260. The number of likely N-dealkylation sites (tertiary alicyclic amines) is 1. The predicted molar refractivity (Wildman–Crippen MR) is 72.7 cm³/mol. The minimum atomic E-state index is -0.00453. The molecule has 0 aromatic heterocycles. The molecule has 1 saturated heterocycles. The van der Waals surface area contributed by atoms with Crippen LogP contribution in [0.1, 0.15) is 26.2 Å². The Kier molecular flexibility index (Phi) is 4.81. The Bertz CT molecular complexity index is 312. The molecule has 1 saturated carbocycles. The summed E-state index contributed by atoms with van der Waals surface area (Å²) in [5.41, 5.74) is 5.96. The lowest BCUT2D eigenvalue weighted by Gasteiger charge is -2.33. The summed E-state index contributed by atoms with van der Waals surface area (Å²) in [7, 11) is 3.35. The molecule has 0 spiro atoms. The summed E-state index contributed by atoms with van der Waals surface area (Å²) in [6.07, 6.45) is 2.81. The van der Waals surface area contributed by atoms with E-state index in [1.165, 1.54) is 0 Å². The van der Waals surface area contributed by atoms with Crippen LogP contribution < -0.4 is 5.73 Å². The van der Waals surface area contributed by atoms with Gasteiger partial charge >= 0.3 is 0 Å². The lowest BCUT2D eigenvalue weighted by molar-refractivity contribution is -0.137. The van der Waals surface area contributed by atoms with Crippen molar-refractivity contribution in [1.82, 2.24) is 4.90 Å². The first kappa shape index (κ1) is 14.8. The number of rotatable bonds is 3. The van der Waals surface area contributed by atoms with Crippen molar-refractivity contribution in [3.05, 3.63) is 0 Å². The van der Waals surface area contributed by atoms with E-state index in [4.69, 9.17) is 15.2 Å². The fourth-order valence-corrected chi connectivity index (χ4v) is 3.42. The summed E-state index contributed by atoms with van der Waals surface area (Å²) < 4.78 is 10.8. The van der Waals surface area contributed by atoms with Crippen LogP contribution in [0.3, 0.4) is 0 Å². The molecule has 5 nitrogen and oxygen atoms in total. The fraction of sp³-hybridized carbons (Fsp3) is 0.929. The van der Waals surface area contributed by atoms with Crippen LogP contribution >= 0.6 is 0 Å². The van der Waals surface area contributed by atoms with Crippen molar-refractivity contribution in [3.63, 3.8) is 0 Å². The van der Waals surface area contributed by atoms with Gasteiger partial charge in [0.25, 0.3) is 0 Å². The van der Waals surface area contributed by atoms with E-state index in [2.05, 4.69) is 6.92 Å². The first-order valence-corrected chi connectivity index (χ1v) is 7.16. The van der Waals surface area contributed by atoms with Gasteiger partial charge in [-0.25, -0.2) is 0 Å². The van der Waals surface area contributed by atoms with Crippen LogP contribution in [0, 0.1) is 11.8 Å². The number of nitrogens with zero attached hydrogens (tertiary/aromatic N) is 1. The molecular formula is C14H26N2O3. The van der Waals surface area contributed by atoms with E-state index in [0.29, 0.717) is 19.0 Å². The molecule has 19 heavy (non-hydrogen) atoms. The zero-order valence-electron chi connectivity index (χ0n) is 12.2. The second-order valence-corrected chi connectivity index (χ2v) is 5.95. The third-order valence-corrected chi connectivity index (χ3v) is 4.66.